The lowest BCUT2D eigenvalue weighted by Crippen LogP contribution is -2.27. The van der Waals surface area contributed by atoms with Crippen LogP contribution in [0, 0.1) is 5.41 Å². The largest absolute Gasteiger partial charge is 0.508 e. The molecule has 1 unspecified atom stereocenters. The summed E-state index contributed by atoms with van der Waals surface area (Å²) in [5.74, 6) is -1.55. The van der Waals surface area contributed by atoms with E-state index < -0.39 is 11.4 Å². The Hall–Kier alpha value is -1.45. The van der Waals surface area contributed by atoms with E-state index in [1.54, 1.807) is 0 Å². The zero-order chi connectivity index (χ0) is 9.35. The van der Waals surface area contributed by atoms with Crippen LogP contribution in [0.4, 0.5) is 0 Å². The summed E-state index contributed by atoms with van der Waals surface area (Å²) < 4.78 is 0. The van der Waals surface area contributed by atoms with Gasteiger partial charge in [-0.1, -0.05) is 6.08 Å². The van der Waals surface area contributed by atoms with Crippen LogP contribution in [0.2, 0.25) is 0 Å². The molecule has 0 aliphatic heterocycles. The van der Waals surface area contributed by atoms with Crippen LogP contribution in [-0.4, -0.2) is 21.3 Å². The lowest BCUT2D eigenvalue weighted by Gasteiger charge is -2.23. The molecule has 0 heterocycles. The number of hydrogen-bond donors (Lipinski definition) is 3. The van der Waals surface area contributed by atoms with Crippen LogP contribution in [0.5, 0.6) is 0 Å². The normalized spacial score (nSPS) is 29.1. The fraction of sp³-hybridized carbons (Fsp3) is 0.375. The van der Waals surface area contributed by atoms with Crippen molar-refractivity contribution in [2.45, 2.75) is 13.3 Å². The van der Waals surface area contributed by atoms with Crippen molar-refractivity contribution in [3.05, 3.63) is 23.7 Å². The molecule has 66 valence electrons. The van der Waals surface area contributed by atoms with Crippen molar-refractivity contribution >= 4 is 5.97 Å². The van der Waals surface area contributed by atoms with Crippen LogP contribution in [0.3, 0.4) is 0 Å². The summed E-state index contributed by atoms with van der Waals surface area (Å²) in [7, 11) is 0. The molecule has 4 nitrogen and oxygen atoms in total. The third kappa shape index (κ3) is 1.28. The van der Waals surface area contributed by atoms with Gasteiger partial charge in [0.25, 0.3) is 0 Å². The lowest BCUT2D eigenvalue weighted by atomic mass is 9.82. The van der Waals surface area contributed by atoms with Crippen LogP contribution in [0.1, 0.15) is 13.3 Å². The standard InChI is InChI=1S/C8H10O4/c1-8(7(11)12)3-2-5(9)6(10)4-8/h2-3,9-10H,4H2,1H3,(H,11,12). The molecule has 0 aromatic heterocycles. The molecule has 0 spiro atoms. The van der Waals surface area contributed by atoms with Crippen molar-refractivity contribution in [1.82, 2.24) is 0 Å². The molecule has 0 saturated carbocycles. The zero-order valence-corrected chi connectivity index (χ0v) is 6.61. The summed E-state index contributed by atoms with van der Waals surface area (Å²) in [6, 6.07) is 0. The Labute approximate surface area is 69.5 Å². The molecule has 1 atom stereocenters. The van der Waals surface area contributed by atoms with Gasteiger partial charge < -0.3 is 15.3 Å². The monoisotopic (exact) mass is 170 g/mol. The first kappa shape index (κ1) is 8.64. The van der Waals surface area contributed by atoms with Gasteiger partial charge >= 0.3 is 5.97 Å². The van der Waals surface area contributed by atoms with E-state index in [0.29, 0.717) is 0 Å². The molecule has 12 heavy (non-hydrogen) atoms. The molecule has 0 amide bonds. The maximum absolute atomic E-state index is 10.7. The summed E-state index contributed by atoms with van der Waals surface area (Å²) in [5.41, 5.74) is -1.10. The Kier molecular flexibility index (Phi) is 1.84. The van der Waals surface area contributed by atoms with Crippen molar-refractivity contribution in [3.63, 3.8) is 0 Å². The number of carboxylic acid groups (broad SMARTS) is 1. The number of aliphatic hydroxyl groups is 2. The maximum atomic E-state index is 10.7. The third-order valence-electron chi connectivity index (χ3n) is 1.93. The van der Waals surface area contributed by atoms with Crippen molar-refractivity contribution in [2.75, 3.05) is 0 Å². The van der Waals surface area contributed by atoms with Crippen molar-refractivity contribution in [2.24, 2.45) is 5.41 Å². The first-order chi connectivity index (χ1) is 5.46. The van der Waals surface area contributed by atoms with Crippen LogP contribution in [0.25, 0.3) is 0 Å². The number of rotatable bonds is 1. The fourth-order valence-corrected chi connectivity index (χ4v) is 1.00. The van der Waals surface area contributed by atoms with E-state index in [9.17, 15) is 4.79 Å². The molecule has 3 N–H and O–H groups in total. The molecule has 1 rings (SSSR count). The summed E-state index contributed by atoms with van der Waals surface area (Å²) in [4.78, 5) is 10.7. The number of allylic oxidation sites excluding steroid dienone is 2. The lowest BCUT2D eigenvalue weighted by molar-refractivity contribution is -0.145. The number of aliphatic hydroxyl groups excluding tert-OH is 2. The minimum absolute atomic E-state index is 0.0648. The molecule has 1 aliphatic rings. The van der Waals surface area contributed by atoms with Crippen LogP contribution in [-0.2, 0) is 4.79 Å². The van der Waals surface area contributed by atoms with Gasteiger partial charge in [0.2, 0.25) is 0 Å². The highest BCUT2D eigenvalue weighted by Crippen LogP contribution is 2.32. The SMILES string of the molecule is CC1(C(=O)O)C=CC(O)=C(O)C1. The summed E-state index contributed by atoms with van der Waals surface area (Å²) in [6.45, 7) is 1.48. The Morgan fingerprint density at radius 1 is 1.58 bits per heavy atom. The molecular formula is C8H10O4. The minimum Gasteiger partial charge on any atom is -0.508 e. The van der Waals surface area contributed by atoms with Gasteiger partial charge in [-0.15, -0.1) is 0 Å². The quantitative estimate of drug-likeness (QED) is 0.555. The predicted molar refractivity (Wildman–Crippen MR) is 41.8 cm³/mol. The highest BCUT2D eigenvalue weighted by molar-refractivity contribution is 5.77. The van der Waals surface area contributed by atoms with Crippen molar-refractivity contribution in [1.29, 1.82) is 0 Å². The average Bonchev–Trinajstić information content (AvgIpc) is 1.97. The van der Waals surface area contributed by atoms with Gasteiger partial charge in [0.15, 0.2) is 5.76 Å². The molecule has 0 aromatic rings. The first-order valence-electron chi connectivity index (χ1n) is 3.49. The van der Waals surface area contributed by atoms with Crippen LogP contribution < -0.4 is 0 Å². The van der Waals surface area contributed by atoms with Gasteiger partial charge in [-0.3, -0.25) is 4.79 Å². The van der Waals surface area contributed by atoms with E-state index >= 15 is 0 Å². The van der Waals surface area contributed by atoms with Gasteiger partial charge in [0.05, 0.1) is 5.41 Å². The van der Waals surface area contributed by atoms with E-state index in [1.807, 2.05) is 0 Å². The maximum Gasteiger partial charge on any atom is 0.313 e. The van der Waals surface area contributed by atoms with Crippen molar-refractivity contribution < 1.29 is 20.1 Å². The average molecular weight is 170 g/mol. The summed E-state index contributed by atoms with van der Waals surface area (Å²) in [5, 5.41) is 26.8. The molecule has 0 radical (unpaired) electrons. The molecule has 0 fully saturated rings. The molecule has 0 saturated heterocycles. The van der Waals surface area contributed by atoms with Crippen molar-refractivity contribution in [3.8, 4) is 0 Å². The van der Waals surface area contributed by atoms with E-state index in [4.69, 9.17) is 15.3 Å². The number of carboxylic acids is 1. The van der Waals surface area contributed by atoms with Gasteiger partial charge in [0.1, 0.15) is 5.76 Å². The van der Waals surface area contributed by atoms with Gasteiger partial charge in [0, 0.05) is 6.42 Å². The van der Waals surface area contributed by atoms with E-state index in [0.717, 1.165) is 0 Å². The molecule has 0 bridgehead atoms. The Morgan fingerprint density at radius 2 is 2.17 bits per heavy atom. The highest BCUT2D eigenvalue weighted by atomic mass is 16.4. The van der Waals surface area contributed by atoms with E-state index in [-0.39, 0.29) is 17.9 Å². The smallest absolute Gasteiger partial charge is 0.313 e. The minimum atomic E-state index is -1.10. The number of hydrogen-bond acceptors (Lipinski definition) is 3. The second kappa shape index (κ2) is 2.55. The highest BCUT2D eigenvalue weighted by Gasteiger charge is 2.34. The molecule has 1 aliphatic carbocycles. The van der Waals surface area contributed by atoms with E-state index in [2.05, 4.69) is 0 Å². The predicted octanol–water partition coefficient (Wildman–Crippen LogP) is 1.36. The Morgan fingerprint density at radius 3 is 2.58 bits per heavy atom. The second-order valence-corrected chi connectivity index (χ2v) is 3.06. The number of aliphatic carboxylic acids is 1. The summed E-state index contributed by atoms with van der Waals surface area (Å²) >= 11 is 0. The van der Waals surface area contributed by atoms with Gasteiger partial charge in [-0.05, 0) is 13.0 Å². The summed E-state index contributed by atoms with van der Waals surface area (Å²) in [6.07, 6.45) is 2.50. The Balaban J connectivity index is 2.94. The molecular weight excluding hydrogens is 160 g/mol. The first-order valence-corrected chi connectivity index (χ1v) is 3.49. The zero-order valence-electron chi connectivity index (χ0n) is 6.61. The van der Waals surface area contributed by atoms with E-state index in [1.165, 1.54) is 19.1 Å². The Bertz CT molecular complexity index is 277. The van der Waals surface area contributed by atoms with Gasteiger partial charge in [-0.2, -0.15) is 0 Å². The third-order valence-corrected chi connectivity index (χ3v) is 1.93. The second-order valence-electron chi connectivity index (χ2n) is 3.06. The fourth-order valence-electron chi connectivity index (χ4n) is 1.00. The topological polar surface area (TPSA) is 77.8 Å². The molecule has 4 heteroatoms. The van der Waals surface area contributed by atoms with Gasteiger partial charge in [-0.25, -0.2) is 0 Å². The van der Waals surface area contributed by atoms with Crippen LogP contribution >= 0.6 is 0 Å². The molecule has 0 aromatic carbocycles. The van der Waals surface area contributed by atoms with Crippen LogP contribution in [0.15, 0.2) is 23.7 Å². The number of carbonyl (C=O) groups is 1.